The number of halogens is 1. The average Bonchev–Trinajstić information content (AvgIpc) is 3.19. The van der Waals surface area contributed by atoms with Crippen molar-refractivity contribution >= 4 is 37.5 Å². The third kappa shape index (κ3) is 4.82. The summed E-state index contributed by atoms with van der Waals surface area (Å²) >= 11 is 3.46. The van der Waals surface area contributed by atoms with Gasteiger partial charge >= 0.3 is 0 Å². The highest BCUT2D eigenvalue weighted by Crippen LogP contribution is 2.25. The van der Waals surface area contributed by atoms with Crippen LogP contribution in [0.3, 0.4) is 0 Å². The standard InChI is InChI=1S/C21H25BrN2O3S/c1-15-13-18(22)14-16(2)21(15)23-20(25)10-7-17-5-8-19(9-6-17)28(26,27)24-11-3-4-12-24/h5-6,8-9,13-14H,3-4,7,10-12H2,1-2H3,(H,23,25). The minimum absolute atomic E-state index is 0.0534. The molecule has 7 heteroatoms. The Morgan fingerprint density at radius 3 is 2.21 bits per heavy atom. The van der Waals surface area contributed by atoms with Gasteiger partial charge in [0.05, 0.1) is 4.90 Å². The van der Waals surface area contributed by atoms with E-state index in [4.69, 9.17) is 0 Å². The van der Waals surface area contributed by atoms with E-state index in [1.54, 1.807) is 28.6 Å². The van der Waals surface area contributed by atoms with E-state index in [2.05, 4.69) is 21.2 Å². The molecule has 0 aromatic heterocycles. The van der Waals surface area contributed by atoms with Gasteiger partial charge in [0.25, 0.3) is 0 Å². The van der Waals surface area contributed by atoms with Gasteiger partial charge in [-0.05, 0) is 74.1 Å². The van der Waals surface area contributed by atoms with E-state index in [-0.39, 0.29) is 5.91 Å². The molecule has 0 aliphatic carbocycles. The van der Waals surface area contributed by atoms with Crippen LogP contribution in [0.1, 0.15) is 36.0 Å². The van der Waals surface area contributed by atoms with Crippen LogP contribution in [-0.4, -0.2) is 31.7 Å². The smallest absolute Gasteiger partial charge is 0.243 e. The highest BCUT2D eigenvalue weighted by molar-refractivity contribution is 9.10. The van der Waals surface area contributed by atoms with Crippen LogP contribution in [0.15, 0.2) is 45.8 Å². The number of aryl methyl sites for hydroxylation is 3. The third-order valence-corrected chi connectivity index (χ3v) is 7.40. The molecule has 2 aromatic carbocycles. The second-order valence-electron chi connectivity index (χ2n) is 7.22. The average molecular weight is 465 g/mol. The maximum atomic E-state index is 12.6. The summed E-state index contributed by atoms with van der Waals surface area (Å²) in [5.74, 6) is -0.0534. The Labute approximate surface area is 175 Å². The number of nitrogens with zero attached hydrogens (tertiary/aromatic N) is 1. The van der Waals surface area contributed by atoms with Gasteiger partial charge in [-0.25, -0.2) is 8.42 Å². The molecule has 2 aromatic rings. The minimum Gasteiger partial charge on any atom is -0.326 e. The third-order valence-electron chi connectivity index (χ3n) is 5.03. The zero-order valence-corrected chi connectivity index (χ0v) is 18.6. The van der Waals surface area contributed by atoms with Crippen LogP contribution in [0.2, 0.25) is 0 Å². The van der Waals surface area contributed by atoms with Gasteiger partial charge in [0.15, 0.2) is 0 Å². The fourth-order valence-electron chi connectivity index (χ4n) is 3.47. The first kappa shape index (κ1) is 21.0. The Bertz CT molecular complexity index is 943. The summed E-state index contributed by atoms with van der Waals surface area (Å²) in [6.45, 7) is 5.12. The summed E-state index contributed by atoms with van der Waals surface area (Å²) in [6, 6.07) is 10.8. The molecule has 1 aliphatic heterocycles. The molecule has 0 unspecified atom stereocenters. The van der Waals surface area contributed by atoms with Crippen molar-refractivity contribution in [2.24, 2.45) is 0 Å². The van der Waals surface area contributed by atoms with Gasteiger partial charge < -0.3 is 5.32 Å². The van der Waals surface area contributed by atoms with Crippen molar-refractivity contribution in [3.8, 4) is 0 Å². The molecular formula is C21H25BrN2O3S. The van der Waals surface area contributed by atoms with E-state index in [9.17, 15) is 13.2 Å². The highest BCUT2D eigenvalue weighted by atomic mass is 79.9. The molecule has 0 saturated carbocycles. The van der Waals surface area contributed by atoms with Crippen molar-refractivity contribution in [3.63, 3.8) is 0 Å². The van der Waals surface area contributed by atoms with Crippen molar-refractivity contribution in [1.82, 2.24) is 4.31 Å². The van der Waals surface area contributed by atoms with E-state index < -0.39 is 10.0 Å². The number of rotatable bonds is 6. The first-order chi connectivity index (χ1) is 13.3. The molecule has 5 nitrogen and oxygen atoms in total. The molecule has 0 bridgehead atoms. The summed E-state index contributed by atoms with van der Waals surface area (Å²) in [7, 11) is -3.39. The monoisotopic (exact) mass is 464 g/mol. The SMILES string of the molecule is Cc1cc(Br)cc(C)c1NC(=O)CCc1ccc(S(=O)(=O)N2CCCC2)cc1. The number of hydrogen-bond acceptors (Lipinski definition) is 3. The predicted molar refractivity (Wildman–Crippen MR) is 115 cm³/mol. The summed E-state index contributed by atoms with van der Waals surface area (Å²) < 4.78 is 27.7. The second-order valence-corrected chi connectivity index (χ2v) is 10.1. The number of anilines is 1. The van der Waals surface area contributed by atoms with Gasteiger partial charge in [-0.2, -0.15) is 4.31 Å². The number of nitrogens with one attached hydrogen (secondary N) is 1. The first-order valence-electron chi connectivity index (χ1n) is 9.43. The maximum Gasteiger partial charge on any atom is 0.243 e. The number of sulfonamides is 1. The molecule has 0 atom stereocenters. The number of carbonyl (C=O) groups excluding carboxylic acids is 1. The van der Waals surface area contributed by atoms with Gasteiger partial charge in [-0.1, -0.05) is 28.1 Å². The van der Waals surface area contributed by atoms with Crippen LogP contribution in [0.4, 0.5) is 5.69 Å². The van der Waals surface area contributed by atoms with E-state index in [1.807, 2.05) is 26.0 Å². The maximum absolute atomic E-state index is 12.6. The van der Waals surface area contributed by atoms with Crippen LogP contribution in [0.5, 0.6) is 0 Å². The minimum atomic E-state index is -3.39. The van der Waals surface area contributed by atoms with Crippen LogP contribution in [0.25, 0.3) is 0 Å². The zero-order valence-electron chi connectivity index (χ0n) is 16.2. The number of benzene rings is 2. The quantitative estimate of drug-likeness (QED) is 0.687. The van der Waals surface area contributed by atoms with Gasteiger partial charge in [-0.15, -0.1) is 0 Å². The number of carbonyl (C=O) groups is 1. The molecule has 0 radical (unpaired) electrons. The fourth-order valence-corrected chi connectivity index (χ4v) is 5.68. The normalized spacial score (nSPS) is 15.0. The molecule has 1 aliphatic rings. The lowest BCUT2D eigenvalue weighted by atomic mass is 10.1. The Hall–Kier alpha value is -1.70. The molecule has 3 rings (SSSR count). The largest absolute Gasteiger partial charge is 0.326 e. The van der Waals surface area contributed by atoms with E-state index >= 15 is 0 Å². The Morgan fingerprint density at radius 1 is 1.07 bits per heavy atom. The predicted octanol–water partition coefficient (Wildman–Crippen LogP) is 4.42. The Balaban J connectivity index is 1.60. The van der Waals surface area contributed by atoms with Crippen LogP contribution in [0, 0.1) is 13.8 Å². The van der Waals surface area contributed by atoms with Gasteiger partial charge in [-0.3, -0.25) is 4.79 Å². The topological polar surface area (TPSA) is 66.5 Å². The lowest BCUT2D eigenvalue weighted by Gasteiger charge is -2.15. The molecular weight excluding hydrogens is 440 g/mol. The summed E-state index contributed by atoms with van der Waals surface area (Å²) in [6.07, 6.45) is 2.74. The Kier molecular flexibility index (Phi) is 6.58. The van der Waals surface area contributed by atoms with Crippen molar-refractivity contribution in [2.75, 3.05) is 18.4 Å². The van der Waals surface area contributed by atoms with E-state index in [0.717, 1.165) is 39.7 Å². The van der Waals surface area contributed by atoms with E-state index in [0.29, 0.717) is 30.8 Å². The summed E-state index contributed by atoms with van der Waals surface area (Å²) in [5.41, 5.74) is 3.81. The lowest BCUT2D eigenvalue weighted by Crippen LogP contribution is -2.27. The second kappa shape index (κ2) is 8.76. The van der Waals surface area contributed by atoms with E-state index in [1.165, 1.54) is 0 Å². The first-order valence-corrected chi connectivity index (χ1v) is 11.7. The number of amides is 1. The van der Waals surface area contributed by atoms with Crippen LogP contribution in [-0.2, 0) is 21.2 Å². The molecule has 28 heavy (non-hydrogen) atoms. The zero-order chi connectivity index (χ0) is 20.3. The van der Waals surface area contributed by atoms with Crippen molar-refractivity contribution in [3.05, 3.63) is 57.6 Å². The highest BCUT2D eigenvalue weighted by Gasteiger charge is 2.26. The van der Waals surface area contributed by atoms with Gasteiger partial charge in [0, 0.05) is 29.7 Å². The number of hydrogen-bond donors (Lipinski definition) is 1. The van der Waals surface area contributed by atoms with Crippen molar-refractivity contribution in [1.29, 1.82) is 0 Å². The Morgan fingerprint density at radius 2 is 1.64 bits per heavy atom. The molecule has 1 amide bonds. The lowest BCUT2D eigenvalue weighted by molar-refractivity contribution is -0.116. The fraction of sp³-hybridized carbons (Fsp3) is 0.381. The van der Waals surface area contributed by atoms with Gasteiger partial charge in [0.1, 0.15) is 0 Å². The summed E-state index contributed by atoms with van der Waals surface area (Å²) in [5, 5.41) is 2.99. The molecule has 1 N–H and O–H groups in total. The molecule has 150 valence electrons. The van der Waals surface area contributed by atoms with Crippen molar-refractivity contribution in [2.45, 2.75) is 44.4 Å². The van der Waals surface area contributed by atoms with Crippen LogP contribution < -0.4 is 5.32 Å². The summed E-state index contributed by atoms with van der Waals surface area (Å²) in [4.78, 5) is 12.7. The molecule has 1 saturated heterocycles. The molecule has 1 fully saturated rings. The molecule has 1 heterocycles. The molecule has 0 spiro atoms. The van der Waals surface area contributed by atoms with Gasteiger partial charge in [0.2, 0.25) is 15.9 Å². The van der Waals surface area contributed by atoms with Crippen molar-refractivity contribution < 1.29 is 13.2 Å². The van der Waals surface area contributed by atoms with Crippen LogP contribution >= 0.6 is 15.9 Å².